The van der Waals surface area contributed by atoms with Crippen molar-refractivity contribution < 1.29 is 10.2 Å². The van der Waals surface area contributed by atoms with E-state index in [-0.39, 0.29) is 12.2 Å². The highest BCUT2D eigenvalue weighted by Crippen LogP contribution is 2.38. The molecule has 3 aliphatic rings. The van der Waals surface area contributed by atoms with Crippen molar-refractivity contribution in [3.63, 3.8) is 0 Å². The van der Waals surface area contributed by atoms with Crippen LogP contribution in [0.3, 0.4) is 0 Å². The van der Waals surface area contributed by atoms with Crippen LogP contribution in [0.4, 0.5) is 0 Å². The SMILES string of the molecule is OC1CCCC1C1CCCCN1C1CCCCCC1O. The Balaban J connectivity index is 1.73. The average Bonchev–Trinajstić information content (AvgIpc) is 2.77. The molecule has 5 unspecified atom stereocenters. The summed E-state index contributed by atoms with van der Waals surface area (Å²) in [7, 11) is 0. The zero-order valence-electron chi connectivity index (χ0n) is 12.7. The smallest absolute Gasteiger partial charge is 0.0695 e. The Kier molecular flexibility index (Phi) is 5.00. The minimum Gasteiger partial charge on any atom is -0.393 e. The fourth-order valence-electron chi connectivity index (χ4n) is 4.92. The summed E-state index contributed by atoms with van der Waals surface area (Å²) in [5.74, 6) is 0.464. The molecule has 0 aromatic rings. The van der Waals surface area contributed by atoms with Gasteiger partial charge in [-0.2, -0.15) is 0 Å². The lowest BCUT2D eigenvalue weighted by molar-refractivity contribution is -0.0329. The Morgan fingerprint density at radius 2 is 1.30 bits per heavy atom. The minimum absolute atomic E-state index is 0.0940. The molecular formula is C17H31NO2. The topological polar surface area (TPSA) is 43.7 Å². The molecule has 3 nitrogen and oxygen atoms in total. The van der Waals surface area contributed by atoms with Crippen LogP contribution in [0.25, 0.3) is 0 Å². The average molecular weight is 281 g/mol. The monoisotopic (exact) mass is 281 g/mol. The summed E-state index contributed by atoms with van der Waals surface area (Å²) in [6.07, 6.45) is 12.8. The van der Waals surface area contributed by atoms with E-state index in [0.29, 0.717) is 18.0 Å². The van der Waals surface area contributed by atoms with Crippen molar-refractivity contribution in [3.05, 3.63) is 0 Å². The van der Waals surface area contributed by atoms with Crippen LogP contribution in [0.2, 0.25) is 0 Å². The maximum absolute atomic E-state index is 10.5. The highest BCUT2D eigenvalue weighted by Gasteiger charge is 2.41. The van der Waals surface area contributed by atoms with Crippen LogP contribution < -0.4 is 0 Å². The maximum atomic E-state index is 10.5. The van der Waals surface area contributed by atoms with Gasteiger partial charge in [0.25, 0.3) is 0 Å². The van der Waals surface area contributed by atoms with Crippen molar-refractivity contribution in [3.8, 4) is 0 Å². The molecule has 0 aromatic heterocycles. The van der Waals surface area contributed by atoms with Crippen molar-refractivity contribution in [1.82, 2.24) is 4.90 Å². The number of nitrogens with zero attached hydrogens (tertiary/aromatic N) is 1. The number of aliphatic hydroxyl groups excluding tert-OH is 2. The molecule has 5 atom stereocenters. The van der Waals surface area contributed by atoms with Gasteiger partial charge in [0, 0.05) is 18.0 Å². The number of hydrogen-bond donors (Lipinski definition) is 2. The number of rotatable bonds is 2. The van der Waals surface area contributed by atoms with Crippen molar-refractivity contribution >= 4 is 0 Å². The summed E-state index contributed by atoms with van der Waals surface area (Å²) >= 11 is 0. The minimum atomic E-state index is -0.142. The molecule has 2 N–H and O–H groups in total. The summed E-state index contributed by atoms with van der Waals surface area (Å²) in [5.41, 5.74) is 0. The van der Waals surface area contributed by atoms with Crippen molar-refractivity contribution in [2.75, 3.05) is 6.54 Å². The van der Waals surface area contributed by atoms with E-state index in [9.17, 15) is 10.2 Å². The predicted octanol–water partition coefficient (Wildman–Crippen LogP) is 2.70. The molecule has 0 bridgehead atoms. The fourth-order valence-corrected chi connectivity index (χ4v) is 4.92. The van der Waals surface area contributed by atoms with E-state index in [1.54, 1.807) is 0 Å². The third-order valence-corrected chi connectivity index (χ3v) is 5.99. The van der Waals surface area contributed by atoms with Gasteiger partial charge in [-0.1, -0.05) is 32.1 Å². The Hall–Kier alpha value is -0.120. The van der Waals surface area contributed by atoms with Crippen LogP contribution in [0, 0.1) is 5.92 Å². The van der Waals surface area contributed by atoms with E-state index < -0.39 is 0 Å². The molecule has 1 aliphatic heterocycles. The quantitative estimate of drug-likeness (QED) is 0.765. The Morgan fingerprint density at radius 1 is 0.600 bits per heavy atom. The van der Waals surface area contributed by atoms with E-state index in [4.69, 9.17) is 0 Å². The molecule has 3 heteroatoms. The normalized spacial score (nSPS) is 44.4. The van der Waals surface area contributed by atoms with Gasteiger partial charge in [-0.15, -0.1) is 0 Å². The number of likely N-dealkylation sites (tertiary alicyclic amines) is 1. The van der Waals surface area contributed by atoms with Gasteiger partial charge in [0.1, 0.15) is 0 Å². The Bertz CT molecular complexity index is 309. The van der Waals surface area contributed by atoms with E-state index >= 15 is 0 Å². The third kappa shape index (κ3) is 3.05. The summed E-state index contributed by atoms with van der Waals surface area (Å²) in [6, 6.07) is 0.884. The molecule has 2 saturated carbocycles. The molecule has 0 aromatic carbocycles. The first-order chi connectivity index (χ1) is 9.77. The van der Waals surface area contributed by atoms with Gasteiger partial charge in [0.2, 0.25) is 0 Å². The lowest BCUT2D eigenvalue weighted by Crippen LogP contribution is -2.54. The van der Waals surface area contributed by atoms with Crippen LogP contribution in [0.1, 0.15) is 70.6 Å². The summed E-state index contributed by atoms with van der Waals surface area (Å²) < 4.78 is 0. The zero-order valence-corrected chi connectivity index (χ0v) is 12.7. The van der Waals surface area contributed by atoms with Crippen LogP contribution in [-0.4, -0.2) is 45.9 Å². The number of aliphatic hydroxyl groups is 2. The first-order valence-electron chi connectivity index (χ1n) is 8.89. The second-order valence-corrected chi connectivity index (χ2v) is 7.24. The maximum Gasteiger partial charge on any atom is 0.0695 e. The molecule has 0 spiro atoms. The molecule has 3 rings (SSSR count). The molecule has 116 valence electrons. The summed E-state index contributed by atoms with van der Waals surface area (Å²) in [4.78, 5) is 2.61. The second kappa shape index (κ2) is 6.76. The lowest BCUT2D eigenvalue weighted by atomic mass is 9.85. The highest BCUT2D eigenvalue weighted by atomic mass is 16.3. The number of hydrogen-bond acceptors (Lipinski definition) is 3. The van der Waals surface area contributed by atoms with Gasteiger partial charge in [-0.05, 0) is 45.1 Å². The van der Waals surface area contributed by atoms with Crippen molar-refractivity contribution in [2.45, 2.75) is 94.9 Å². The van der Waals surface area contributed by atoms with Gasteiger partial charge < -0.3 is 10.2 Å². The van der Waals surface area contributed by atoms with Crippen LogP contribution >= 0.6 is 0 Å². The summed E-state index contributed by atoms with van der Waals surface area (Å²) in [5, 5.41) is 20.8. The highest BCUT2D eigenvalue weighted by molar-refractivity contribution is 4.94. The van der Waals surface area contributed by atoms with Crippen LogP contribution in [-0.2, 0) is 0 Å². The van der Waals surface area contributed by atoms with E-state index in [1.165, 1.54) is 51.4 Å². The molecule has 2 aliphatic carbocycles. The van der Waals surface area contributed by atoms with Gasteiger partial charge >= 0.3 is 0 Å². The first-order valence-corrected chi connectivity index (χ1v) is 8.89. The first kappa shape index (κ1) is 14.8. The second-order valence-electron chi connectivity index (χ2n) is 7.24. The van der Waals surface area contributed by atoms with E-state index in [0.717, 1.165) is 25.8 Å². The number of piperidine rings is 1. The van der Waals surface area contributed by atoms with E-state index in [1.807, 2.05) is 0 Å². The van der Waals surface area contributed by atoms with Gasteiger partial charge in [0.05, 0.1) is 12.2 Å². The standard InChI is InChI=1S/C17H31NO2/c19-16-11-6-7-13(16)14-8-4-5-12-18(14)15-9-2-1-3-10-17(15)20/h13-17,19-20H,1-12H2. The molecule has 1 saturated heterocycles. The summed E-state index contributed by atoms with van der Waals surface area (Å²) in [6.45, 7) is 1.13. The van der Waals surface area contributed by atoms with Crippen molar-refractivity contribution in [1.29, 1.82) is 0 Å². The third-order valence-electron chi connectivity index (χ3n) is 5.99. The van der Waals surface area contributed by atoms with Crippen LogP contribution in [0.15, 0.2) is 0 Å². The molecule has 3 fully saturated rings. The predicted molar refractivity (Wildman–Crippen MR) is 80.6 cm³/mol. The molecule has 0 amide bonds. The molecular weight excluding hydrogens is 250 g/mol. The zero-order chi connectivity index (χ0) is 13.9. The van der Waals surface area contributed by atoms with Crippen LogP contribution in [0.5, 0.6) is 0 Å². The fraction of sp³-hybridized carbons (Fsp3) is 1.00. The molecule has 0 radical (unpaired) electrons. The Labute approximate surface area is 123 Å². The molecule has 20 heavy (non-hydrogen) atoms. The van der Waals surface area contributed by atoms with Gasteiger partial charge in [-0.25, -0.2) is 0 Å². The van der Waals surface area contributed by atoms with Gasteiger partial charge in [0.15, 0.2) is 0 Å². The van der Waals surface area contributed by atoms with Gasteiger partial charge in [-0.3, -0.25) is 4.90 Å². The van der Waals surface area contributed by atoms with E-state index in [2.05, 4.69) is 4.90 Å². The molecule has 1 heterocycles. The largest absolute Gasteiger partial charge is 0.393 e. The van der Waals surface area contributed by atoms with Crippen molar-refractivity contribution in [2.24, 2.45) is 5.92 Å². The Morgan fingerprint density at radius 3 is 2.10 bits per heavy atom. The lowest BCUT2D eigenvalue weighted by Gasteiger charge is -2.46.